The molecule has 4 rings (SSSR count). The van der Waals surface area contributed by atoms with Crippen LogP contribution in [0.25, 0.3) is 0 Å². The molecule has 2 aliphatic rings. The summed E-state index contributed by atoms with van der Waals surface area (Å²) < 4.78 is 67.4. The summed E-state index contributed by atoms with van der Waals surface area (Å²) in [6.07, 6.45) is -3.87. The number of para-hydroxylation sites is 1. The van der Waals surface area contributed by atoms with Gasteiger partial charge in [-0.05, 0) is 29.7 Å². The Morgan fingerprint density at radius 1 is 1.16 bits per heavy atom. The molecule has 6 nitrogen and oxygen atoms in total. The highest BCUT2D eigenvalue weighted by Crippen LogP contribution is 2.31. The van der Waals surface area contributed by atoms with Crippen LogP contribution in [-0.2, 0) is 17.8 Å². The van der Waals surface area contributed by atoms with Crippen molar-refractivity contribution < 1.29 is 26.7 Å². The maximum absolute atomic E-state index is 13.9. The zero-order chi connectivity index (χ0) is 23.0. The topological polar surface area (TPSA) is 74.0 Å². The third-order valence-electron chi connectivity index (χ3n) is 5.45. The van der Waals surface area contributed by atoms with Gasteiger partial charge in [-0.15, -0.1) is 0 Å². The van der Waals surface area contributed by atoms with E-state index >= 15 is 0 Å². The van der Waals surface area contributed by atoms with Gasteiger partial charge in [0.2, 0.25) is 5.91 Å². The number of amides is 1. The number of benzene rings is 2. The molecule has 1 amide bonds. The number of nitrogens with one attached hydrogen (secondary N) is 1. The van der Waals surface area contributed by atoms with Gasteiger partial charge in [0, 0.05) is 30.8 Å². The second-order valence-electron chi connectivity index (χ2n) is 7.71. The van der Waals surface area contributed by atoms with E-state index in [-0.39, 0.29) is 37.4 Å². The van der Waals surface area contributed by atoms with Gasteiger partial charge >= 0.3 is 0 Å². The number of rotatable bonds is 5. The van der Waals surface area contributed by atoms with Crippen molar-refractivity contribution in [3.63, 3.8) is 0 Å². The van der Waals surface area contributed by atoms with Gasteiger partial charge in [0.05, 0.1) is 6.54 Å². The predicted octanol–water partition coefficient (Wildman–Crippen LogP) is 2.72. The molecule has 2 atom stereocenters. The Labute approximate surface area is 180 Å². The molecule has 2 aliphatic heterocycles. The van der Waals surface area contributed by atoms with Crippen molar-refractivity contribution >= 4 is 17.4 Å². The summed E-state index contributed by atoms with van der Waals surface area (Å²) in [7, 11) is 0. The van der Waals surface area contributed by atoms with Crippen LogP contribution < -0.4 is 16.1 Å². The van der Waals surface area contributed by atoms with E-state index in [0.29, 0.717) is 17.3 Å². The second-order valence-corrected chi connectivity index (χ2v) is 7.71. The number of nitrogens with zero attached hydrogens (tertiary/aromatic N) is 3. The van der Waals surface area contributed by atoms with Crippen molar-refractivity contribution in [3.8, 4) is 0 Å². The lowest BCUT2D eigenvalue weighted by atomic mass is 10.0. The van der Waals surface area contributed by atoms with Crippen molar-refractivity contribution in [2.24, 2.45) is 10.8 Å². The molecule has 32 heavy (non-hydrogen) atoms. The summed E-state index contributed by atoms with van der Waals surface area (Å²) in [5, 5.41) is 3.73. The van der Waals surface area contributed by atoms with Crippen LogP contribution >= 0.6 is 0 Å². The maximum atomic E-state index is 13.9. The molecule has 0 spiro atoms. The molecule has 3 N–H and O–H groups in total. The molecule has 0 fully saturated rings. The first kappa shape index (κ1) is 22.0. The number of hydrazone groups is 1. The Morgan fingerprint density at radius 3 is 2.62 bits per heavy atom. The normalized spacial score (nSPS) is 18.6. The van der Waals surface area contributed by atoms with Crippen LogP contribution in [-0.4, -0.2) is 41.8 Å². The molecular weight excluding hydrogens is 433 g/mol. The van der Waals surface area contributed by atoms with Gasteiger partial charge < -0.3 is 10.6 Å². The fraction of sp³-hybridized carbons (Fsp3) is 0.333. The highest BCUT2D eigenvalue weighted by atomic mass is 19.3. The van der Waals surface area contributed by atoms with Crippen molar-refractivity contribution in [3.05, 3.63) is 65.0 Å². The summed E-state index contributed by atoms with van der Waals surface area (Å²) in [6, 6.07) is 7.16. The minimum absolute atomic E-state index is 0.0551. The molecule has 2 unspecified atom stereocenters. The van der Waals surface area contributed by atoms with E-state index in [0.717, 1.165) is 6.07 Å². The number of carbonyl (C=O) groups excluding carboxylic acids is 1. The standard InChI is InChI=1S/C21H20F5N5O/c22-14-8-16(24)15(23)6-12(14)5-13(27)7-19(32)30-9-11-3-1-2-4-17(11)31-18(10-30)28-29-21(31)20(25)26/h1-4,6,8,13,18,20,28H,5,7,9-10,27H2. The number of amidine groups is 1. The van der Waals surface area contributed by atoms with Gasteiger partial charge in [0.1, 0.15) is 12.0 Å². The fourth-order valence-electron chi connectivity index (χ4n) is 3.96. The predicted molar refractivity (Wildman–Crippen MR) is 107 cm³/mol. The zero-order valence-electron chi connectivity index (χ0n) is 16.7. The summed E-state index contributed by atoms with van der Waals surface area (Å²) >= 11 is 0. The minimum Gasteiger partial charge on any atom is -0.334 e. The Bertz CT molecular complexity index is 1060. The maximum Gasteiger partial charge on any atom is 0.297 e. The molecule has 0 radical (unpaired) electrons. The van der Waals surface area contributed by atoms with Crippen LogP contribution in [0.15, 0.2) is 41.5 Å². The van der Waals surface area contributed by atoms with Crippen LogP contribution in [0.5, 0.6) is 0 Å². The van der Waals surface area contributed by atoms with E-state index in [2.05, 4.69) is 10.5 Å². The van der Waals surface area contributed by atoms with Gasteiger partial charge in [-0.2, -0.15) is 5.10 Å². The van der Waals surface area contributed by atoms with Crippen LogP contribution in [0.2, 0.25) is 0 Å². The van der Waals surface area contributed by atoms with E-state index in [1.54, 1.807) is 24.3 Å². The average Bonchev–Trinajstić information content (AvgIpc) is 3.08. The Hall–Kier alpha value is -3.21. The molecule has 2 aromatic carbocycles. The molecule has 0 aromatic heterocycles. The Morgan fingerprint density at radius 2 is 1.88 bits per heavy atom. The molecule has 0 bridgehead atoms. The largest absolute Gasteiger partial charge is 0.334 e. The van der Waals surface area contributed by atoms with Crippen LogP contribution in [0.1, 0.15) is 17.5 Å². The lowest BCUT2D eigenvalue weighted by Crippen LogP contribution is -2.49. The van der Waals surface area contributed by atoms with Crippen molar-refractivity contribution in [1.29, 1.82) is 0 Å². The smallest absolute Gasteiger partial charge is 0.297 e. The Kier molecular flexibility index (Phi) is 6.00. The molecule has 11 heteroatoms. The van der Waals surface area contributed by atoms with Crippen LogP contribution in [0.3, 0.4) is 0 Å². The summed E-state index contributed by atoms with van der Waals surface area (Å²) in [6.45, 7) is 0.214. The number of carbonyl (C=O) groups is 1. The lowest BCUT2D eigenvalue weighted by molar-refractivity contribution is -0.132. The molecule has 2 heterocycles. The Balaban J connectivity index is 1.50. The SMILES string of the molecule is NC(CC(=O)N1Cc2ccccc2N2C(C(F)F)=NNC2C1)Cc1cc(F)c(F)cc1F. The number of alkyl halides is 2. The number of halogens is 5. The van der Waals surface area contributed by atoms with E-state index < -0.39 is 41.9 Å². The second kappa shape index (κ2) is 8.73. The van der Waals surface area contributed by atoms with Gasteiger partial charge in [-0.1, -0.05) is 18.2 Å². The van der Waals surface area contributed by atoms with Crippen molar-refractivity contribution in [1.82, 2.24) is 10.3 Å². The van der Waals surface area contributed by atoms with E-state index in [1.807, 2.05) is 0 Å². The number of fused-ring (bicyclic) bond motifs is 3. The first-order chi connectivity index (χ1) is 15.2. The molecule has 0 aliphatic carbocycles. The highest BCUT2D eigenvalue weighted by molar-refractivity contribution is 6.02. The average molecular weight is 453 g/mol. The zero-order valence-corrected chi connectivity index (χ0v) is 16.7. The summed E-state index contributed by atoms with van der Waals surface area (Å²) in [4.78, 5) is 15.8. The molecule has 0 saturated carbocycles. The molecular formula is C21H20F5N5O. The van der Waals surface area contributed by atoms with Gasteiger partial charge in [0.25, 0.3) is 6.43 Å². The highest BCUT2D eigenvalue weighted by Gasteiger charge is 2.39. The number of anilines is 1. The van der Waals surface area contributed by atoms with E-state index in [9.17, 15) is 26.7 Å². The van der Waals surface area contributed by atoms with Gasteiger partial charge in [-0.3, -0.25) is 15.1 Å². The van der Waals surface area contributed by atoms with Crippen LogP contribution in [0.4, 0.5) is 27.6 Å². The molecule has 0 saturated heterocycles. The number of hydrogen-bond donors (Lipinski definition) is 2. The third-order valence-corrected chi connectivity index (χ3v) is 5.45. The first-order valence-electron chi connectivity index (χ1n) is 9.89. The molecule has 170 valence electrons. The third kappa shape index (κ3) is 4.24. The monoisotopic (exact) mass is 453 g/mol. The number of nitrogens with two attached hydrogens (primary N) is 1. The first-order valence-corrected chi connectivity index (χ1v) is 9.89. The number of hydrogen-bond acceptors (Lipinski definition) is 5. The van der Waals surface area contributed by atoms with Gasteiger partial charge in [-0.25, -0.2) is 22.0 Å². The van der Waals surface area contributed by atoms with Crippen molar-refractivity contribution in [2.75, 3.05) is 11.4 Å². The quantitative estimate of drug-likeness (QED) is 0.540. The van der Waals surface area contributed by atoms with E-state index in [4.69, 9.17) is 5.73 Å². The minimum atomic E-state index is -2.80. The van der Waals surface area contributed by atoms with Crippen molar-refractivity contribution in [2.45, 2.75) is 38.0 Å². The van der Waals surface area contributed by atoms with E-state index in [1.165, 1.54) is 9.80 Å². The van der Waals surface area contributed by atoms with Crippen LogP contribution in [0, 0.1) is 17.5 Å². The van der Waals surface area contributed by atoms with Gasteiger partial charge in [0.15, 0.2) is 17.5 Å². The summed E-state index contributed by atoms with van der Waals surface area (Å²) in [5.41, 5.74) is 9.68. The summed E-state index contributed by atoms with van der Waals surface area (Å²) in [5.74, 6) is -4.27. The lowest BCUT2D eigenvalue weighted by Gasteiger charge is -2.28. The fourth-order valence-corrected chi connectivity index (χ4v) is 3.96. The molecule has 2 aromatic rings.